The fourth-order valence-corrected chi connectivity index (χ4v) is 3.52. The molecule has 0 saturated heterocycles. The minimum atomic E-state index is -1.48. The largest absolute Gasteiger partial charge is 0.486 e. The van der Waals surface area contributed by atoms with Crippen molar-refractivity contribution in [2.24, 2.45) is 4.99 Å². The maximum absolute atomic E-state index is 12.9. The quantitative estimate of drug-likeness (QED) is 0.932. The van der Waals surface area contributed by atoms with Crippen molar-refractivity contribution < 1.29 is 14.6 Å². The Morgan fingerprint density at radius 2 is 2.12 bits per heavy atom. The lowest BCUT2D eigenvalue weighted by molar-refractivity contribution is -0.0503. The summed E-state index contributed by atoms with van der Waals surface area (Å²) in [4.78, 5) is 18.8. The molecule has 2 aromatic rings. The topological polar surface area (TPSA) is 62.1 Å². The van der Waals surface area contributed by atoms with Gasteiger partial charge in [0.05, 0.1) is 0 Å². The highest BCUT2D eigenvalue weighted by Gasteiger charge is 2.49. The molecule has 2 aliphatic heterocycles. The number of hydrogen-bond acceptors (Lipinski definition) is 4. The first-order chi connectivity index (χ1) is 12.2. The lowest BCUT2D eigenvalue weighted by Crippen LogP contribution is -2.45. The number of benzene rings is 2. The second kappa shape index (κ2) is 6.01. The highest BCUT2D eigenvalue weighted by Crippen LogP contribution is 2.44. The predicted molar refractivity (Wildman–Crippen MR) is 95.5 cm³/mol. The molecule has 25 heavy (non-hydrogen) atoms. The maximum atomic E-state index is 12.9. The number of nitrogens with zero attached hydrogens (tertiary/aromatic N) is 2. The molecule has 2 heterocycles. The van der Waals surface area contributed by atoms with Crippen LogP contribution in [-0.2, 0) is 5.72 Å². The first-order valence-corrected chi connectivity index (χ1v) is 8.60. The smallest absolute Gasteiger partial charge is 0.257 e. The lowest BCUT2D eigenvalue weighted by atomic mass is 9.93. The van der Waals surface area contributed by atoms with Gasteiger partial charge in [-0.1, -0.05) is 37.6 Å². The number of hydrogen-bond donors (Lipinski definition) is 1. The Hall–Kier alpha value is -2.66. The SMILES string of the molecule is CCCCN1C(=O)c2ccccc2C1(O)c1ccc2c(c1)N=CCO2. The van der Waals surface area contributed by atoms with Gasteiger partial charge in [-0.15, -0.1) is 0 Å². The van der Waals surface area contributed by atoms with Gasteiger partial charge in [0, 0.05) is 29.4 Å². The highest BCUT2D eigenvalue weighted by molar-refractivity contribution is 6.00. The first kappa shape index (κ1) is 15.8. The van der Waals surface area contributed by atoms with E-state index in [1.54, 1.807) is 23.2 Å². The molecule has 0 saturated carbocycles. The van der Waals surface area contributed by atoms with E-state index in [1.807, 2.05) is 30.3 Å². The molecule has 0 radical (unpaired) electrons. The summed E-state index contributed by atoms with van der Waals surface area (Å²) in [6, 6.07) is 12.7. The van der Waals surface area contributed by atoms with Crippen molar-refractivity contribution in [3.05, 3.63) is 59.2 Å². The van der Waals surface area contributed by atoms with Gasteiger partial charge in [-0.25, -0.2) is 0 Å². The average Bonchev–Trinajstić information content (AvgIpc) is 2.88. The van der Waals surface area contributed by atoms with Gasteiger partial charge in [0.25, 0.3) is 5.91 Å². The molecular formula is C20H20N2O3. The predicted octanol–water partition coefficient (Wildman–Crippen LogP) is 3.23. The van der Waals surface area contributed by atoms with E-state index in [1.165, 1.54) is 0 Å². The van der Waals surface area contributed by atoms with Crippen LogP contribution in [0.15, 0.2) is 47.5 Å². The van der Waals surface area contributed by atoms with E-state index < -0.39 is 5.72 Å². The molecule has 2 aromatic carbocycles. The van der Waals surface area contributed by atoms with Gasteiger partial charge in [0.15, 0.2) is 5.72 Å². The molecular weight excluding hydrogens is 316 g/mol. The zero-order valence-electron chi connectivity index (χ0n) is 14.1. The number of ether oxygens (including phenoxy) is 1. The van der Waals surface area contributed by atoms with Crippen molar-refractivity contribution in [1.82, 2.24) is 4.90 Å². The van der Waals surface area contributed by atoms with Crippen molar-refractivity contribution in [3.63, 3.8) is 0 Å². The third-order valence-electron chi connectivity index (χ3n) is 4.81. The van der Waals surface area contributed by atoms with E-state index in [-0.39, 0.29) is 5.91 Å². The molecule has 0 aromatic heterocycles. The van der Waals surface area contributed by atoms with Gasteiger partial charge in [-0.3, -0.25) is 9.79 Å². The molecule has 0 spiro atoms. The van der Waals surface area contributed by atoms with Crippen LogP contribution in [-0.4, -0.2) is 35.3 Å². The van der Waals surface area contributed by atoms with Crippen LogP contribution in [0.1, 0.15) is 41.3 Å². The highest BCUT2D eigenvalue weighted by atomic mass is 16.5. The summed E-state index contributed by atoms with van der Waals surface area (Å²) in [5.74, 6) is 0.552. The number of amides is 1. The summed E-state index contributed by atoms with van der Waals surface area (Å²) in [5.41, 5.74) is 0.994. The molecule has 1 N–H and O–H groups in total. The van der Waals surface area contributed by atoms with Gasteiger partial charge in [-0.05, 0) is 24.6 Å². The van der Waals surface area contributed by atoms with Gasteiger partial charge < -0.3 is 14.7 Å². The van der Waals surface area contributed by atoms with Crippen molar-refractivity contribution >= 4 is 17.8 Å². The Labute approximate surface area is 146 Å². The molecule has 1 amide bonds. The summed E-state index contributed by atoms with van der Waals surface area (Å²) >= 11 is 0. The number of fused-ring (bicyclic) bond motifs is 2. The first-order valence-electron chi connectivity index (χ1n) is 8.60. The summed E-state index contributed by atoms with van der Waals surface area (Å²) in [7, 11) is 0. The van der Waals surface area contributed by atoms with Crippen LogP contribution in [0.25, 0.3) is 0 Å². The molecule has 0 aliphatic carbocycles. The molecule has 128 valence electrons. The zero-order chi connectivity index (χ0) is 17.4. The van der Waals surface area contributed by atoms with Crippen LogP contribution >= 0.6 is 0 Å². The normalized spacial score (nSPS) is 21.0. The second-order valence-electron chi connectivity index (χ2n) is 6.33. The Bertz CT molecular complexity index is 862. The lowest BCUT2D eigenvalue weighted by Gasteiger charge is -2.35. The number of carbonyl (C=O) groups is 1. The van der Waals surface area contributed by atoms with Crippen LogP contribution < -0.4 is 4.74 Å². The van der Waals surface area contributed by atoms with E-state index in [9.17, 15) is 9.90 Å². The third kappa shape index (κ3) is 2.35. The van der Waals surface area contributed by atoms with Crippen molar-refractivity contribution in [2.75, 3.05) is 13.2 Å². The van der Waals surface area contributed by atoms with Crippen LogP contribution in [0.3, 0.4) is 0 Å². The molecule has 0 bridgehead atoms. The fraction of sp³-hybridized carbons (Fsp3) is 0.300. The summed E-state index contributed by atoms with van der Waals surface area (Å²) in [5, 5.41) is 11.7. The molecule has 5 heteroatoms. The van der Waals surface area contributed by atoms with Crippen LogP contribution in [0.5, 0.6) is 5.75 Å². The molecule has 0 fully saturated rings. The standard InChI is InChI=1S/C20H20N2O3/c1-2-3-11-22-19(23)15-6-4-5-7-16(15)20(22,24)14-8-9-18-17(13-14)21-10-12-25-18/h4-10,13,24H,2-3,11-12H2,1H3. The van der Waals surface area contributed by atoms with Crippen molar-refractivity contribution in [1.29, 1.82) is 0 Å². The number of aliphatic imine (C=N–C) groups is 1. The number of rotatable bonds is 4. The molecule has 4 rings (SSSR count). The molecule has 1 atom stereocenters. The number of aliphatic hydroxyl groups is 1. The van der Waals surface area contributed by atoms with E-state index in [0.29, 0.717) is 41.3 Å². The molecule has 1 unspecified atom stereocenters. The summed E-state index contributed by atoms with van der Waals surface area (Å²) < 4.78 is 5.54. The third-order valence-corrected chi connectivity index (χ3v) is 4.81. The van der Waals surface area contributed by atoms with Gasteiger partial charge in [0.1, 0.15) is 18.0 Å². The van der Waals surface area contributed by atoms with Gasteiger partial charge in [-0.2, -0.15) is 0 Å². The average molecular weight is 336 g/mol. The molecule has 2 aliphatic rings. The maximum Gasteiger partial charge on any atom is 0.257 e. The Kier molecular flexibility index (Phi) is 3.81. The minimum Gasteiger partial charge on any atom is -0.486 e. The zero-order valence-corrected chi connectivity index (χ0v) is 14.1. The second-order valence-corrected chi connectivity index (χ2v) is 6.33. The summed E-state index contributed by atoms with van der Waals surface area (Å²) in [6.45, 7) is 3.01. The Balaban J connectivity index is 1.87. The Morgan fingerprint density at radius 3 is 2.96 bits per heavy atom. The van der Waals surface area contributed by atoms with Crippen LogP contribution in [0.4, 0.5) is 5.69 Å². The van der Waals surface area contributed by atoms with Gasteiger partial charge >= 0.3 is 0 Å². The monoisotopic (exact) mass is 336 g/mol. The number of unbranched alkanes of at least 4 members (excludes halogenated alkanes) is 1. The minimum absolute atomic E-state index is 0.135. The van der Waals surface area contributed by atoms with Crippen LogP contribution in [0, 0.1) is 0 Å². The van der Waals surface area contributed by atoms with Crippen molar-refractivity contribution in [2.45, 2.75) is 25.5 Å². The Morgan fingerprint density at radius 1 is 1.28 bits per heavy atom. The van der Waals surface area contributed by atoms with Crippen LogP contribution in [0.2, 0.25) is 0 Å². The van der Waals surface area contributed by atoms with E-state index in [2.05, 4.69) is 11.9 Å². The fourth-order valence-electron chi connectivity index (χ4n) is 3.52. The molecule has 5 nitrogen and oxygen atoms in total. The van der Waals surface area contributed by atoms with Crippen molar-refractivity contribution in [3.8, 4) is 5.75 Å². The summed E-state index contributed by atoms with van der Waals surface area (Å²) in [6.07, 6.45) is 3.46. The van der Waals surface area contributed by atoms with E-state index in [0.717, 1.165) is 12.8 Å². The van der Waals surface area contributed by atoms with Gasteiger partial charge in [0.2, 0.25) is 0 Å². The van der Waals surface area contributed by atoms with E-state index >= 15 is 0 Å². The number of carbonyl (C=O) groups excluding carboxylic acids is 1. The van der Waals surface area contributed by atoms with E-state index in [4.69, 9.17) is 4.74 Å².